The number of nitrogens with one attached hydrogen (secondary N) is 2. The average Bonchev–Trinajstić information content (AvgIpc) is 2.18. The molecule has 0 aromatic carbocycles. The molecule has 1 heterocycles. The van der Waals surface area contributed by atoms with Crippen molar-refractivity contribution in [3.8, 4) is 0 Å². The van der Waals surface area contributed by atoms with Crippen molar-refractivity contribution in [3.63, 3.8) is 0 Å². The maximum absolute atomic E-state index is 11.4. The predicted octanol–water partition coefficient (Wildman–Crippen LogP) is -0.449. The summed E-state index contributed by atoms with van der Waals surface area (Å²) in [7, 11) is 3.51. The van der Waals surface area contributed by atoms with Crippen molar-refractivity contribution in [1.82, 2.24) is 20.4 Å². The van der Waals surface area contributed by atoms with E-state index in [9.17, 15) is 4.79 Å². The third kappa shape index (κ3) is 4.48. The van der Waals surface area contributed by atoms with Crippen molar-refractivity contribution in [3.05, 3.63) is 0 Å². The van der Waals surface area contributed by atoms with E-state index in [2.05, 4.69) is 15.5 Å². The molecular weight excluding hydrogens is 192 g/mol. The number of rotatable bonds is 3. The number of carbonyl (C=O) groups is 1. The second-order valence-electron chi connectivity index (χ2n) is 4.30. The van der Waals surface area contributed by atoms with Crippen LogP contribution in [0.2, 0.25) is 0 Å². The Morgan fingerprint density at radius 3 is 2.60 bits per heavy atom. The summed E-state index contributed by atoms with van der Waals surface area (Å²) in [5, 5.41) is 6.26. The van der Waals surface area contributed by atoms with E-state index in [1.165, 1.54) is 0 Å². The lowest BCUT2D eigenvalue weighted by atomic mass is 10.2. The largest absolute Gasteiger partial charge is 0.334 e. The Morgan fingerprint density at radius 2 is 2.07 bits per heavy atom. The first kappa shape index (κ1) is 12.3. The van der Waals surface area contributed by atoms with Crippen molar-refractivity contribution in [2.45, 2.75) is 13.0 Å². The molecule has 15 heavy (non-hydrogen) atoms. The molecule has 1 unspecified atom stereocenters. The molecule has 5 heteroatoms. The molecule has 0 spiro atoms. The summed E-state index contributed by atoms with van der Waals surface area (Å²) in [4.78, 5) is 15.3. The predicted molar refractivity (Wildman–Crippen MR) is 61.0 cm³/mol. The zero-order chi connectivity index (χ0) is 11.3. The minimum Gasteiger partial charge on any atom is -0.334 e. The number of piperazine rings is 1. The topological polar surface area (TPSA) is 47.6 Å². The van der Waals surface area contributed by atoms with Crippen LogP contribution in [-0.4, -0.2) is 68.7 Å². The SMILES string of the molecule is CC(CN1CCNCC1)NC(=O)N(C)C. The standard InChI is InChI=1S/C10H22N4O/c1-9(12-10(15)13(2)3)8-14-6-4-11-5-7-14/h9,11H,4-8H2,1-3H3,(H,12,15). The van der Waals surface area contributed by atoms with Crippen LogP contribution in [0.4, 0.5) is 4.79 Å². The molecule has 1 rings (SSSR count). The third-order valence-electron chi connectivity index (χ3n) is 2.52. The number of nitrogens with zero attached hydrogens (tertiary/aromatic N) is 2. The van der Waals surface area contributed by atoms with Gasteiger partial charge < -0.3 is 15.5 Å². The van der Waals surface area contributed by atoms with E-state index < -0.39 is 0 Å². The smallest absolute Gasteiger partial charge is 0.317 e. The van der Waals surface area contributed by atoms with Gasteiger partial charge in [0, 0.05) is 52.9 Å². The quantitative estimate of drug-likeness (QED) is 0.669. The average molecular weight is 214 g/mol. The fourth-order valence-electron chi connectivity index (χ4n) is 1.67. The molecule has 0 radical (unpaired) electrons. The minimum absolute atomic E-state index is 0.0161. The lowest BCUT2D eigenvalue weighted by Crippen LogP contribution is -2.50. The first-order valence-corrected chi connectivity index (χ1v) is 5.50. The number of carbonyl (C=O) groups excluding carboxylic acids is 1. The van der Waals surface area contributed by atoms with Crippen molar-refractivity contribution in [2.24, 2.45) is 0 Å². The molecule has 2 amide bonds. The number of urea groups is 1. The molecule has 1 saturated heterocycles. The highest BCUT2D eigenvalue weighted by molar-refractivity contribution is 5.73. The number of hydrogen-bond donors (Lipinski definition) is 2. The third-order valence-corrected chi connectivity index (χ3v) is 2.52. The van der Waals surface area contributed by atoms with Crippen LogP contribution in [-0.2, 0) is 0 Å². The van der Waals surface area contributed by atoms with Crippen molar-refractivity contribution in [1.29, 1.82) is 0 Å². The van der Waals surface area contributed by atoms with Gasteiger partial charge in [0.15, 0.2) is 0 Å². The van der Waals surface area contributed by atoms with E-state index in [-0.39, 0.29) is 12.1 Å². The van der Waals surface area contributed by atoms with Gasteiger partial charge in [-0.1, -0.05) is 0 Å². The molecule has 1 aliphatic rings. The summed E-state index contributed by atoms with van der Waals surface area (Å²) < 4.78 is 0. The van der Waals surface area contributed by atoms with Crippen molar-refractivity contribution >= 4 is 6.03 Å². The van der Waals surface area contributed by atoms with Gasteiger partial charge in [0.1, 0.15) is 0 Å². The zero-order valence-corrected chi connectivity index (χ0v) is 9.92. The minimum atomic E-state index is -0.0161. The maximum Gasteiger partial charge on any atom is 0.317 e. The Hall–Kier alpha value is -0.810. The van der Waals surface area contributed by atoms with Gasteiger partial charge in [0.2, 0.25) is 0 Å². The molecule has 0 aliphatic carbocycles. The van der Waals surface area contributed by atoms with Gasteiger partial charge in [-0.25, -0.2) is 4.79 Å². The van der Waals surface area contributed by atoms with Crippen molar-refractivity contribution < 1.29 is 4.79 Å². The zero-order valence-electron chi connectivity index (χ0n) is 9.92. The highest BCUT2D eigenvalue weighted by atomic mass is 16.2. The van der Waals surface area contributed by atoms with Crippen LogP contribution >= 0.6 is 0 Å². The number of hydrogen-bond acceptors (Lipinski definition) is 3. The molecule has 5 nitrogen and oxygen atoms in total. The van der Waals surface area contributed by atoms with E-state index in [0.29, 0.717) is 0 Å². The van der Waals surface area contributed by atoms with Gasteiger partial charge in [-0.3, -0.25) is 4.90 Å². The Labute approximate surface area is 91.8 Å². The highest BCUT2D eigenvalue weighted by Gasteiger charge is 2.14. The number of amides is 2. The summed E-state index contributed by atoms with van der Waals surface area (Å²) in [6, 6.07) is 0.190. The maximum atomic E-state index is 11.4. The Bertz CT molecular complexity index is 202. The fourth-order valence-corrected chi connectivity index (χ4v) is 1.67. The molecular formula is C10H22N4O. The molecule has 1 fully saturated rings. The van der Waals surface area contributed by atoms with Crippen LogP contribution in [0.1, 0.15) is 6.92 Å². The molecule has 0 aromatic rings. The summed E-state index contributed by atoms with van der Waals surface area (Å²) in [5.41, 5.74) is 0. The lowest BCUT2D eigenvalue weighted by Gasteiger charge is -2.30. The van der Waals surface area contributed by atoms with Gasteiger partial charge >= 0.3 is 6.03 Å². The molecule has 2 N–H and O–H groups in total. The second-order valence-corrected chi connectivity index (χ2v) is 4.30. The fraction of sp³-hybridized carbons (Fsp3) is 0.900. The molecule has 0 bridgehead atoms. The first-order valence-electron chi connectivity index (χ1n) is 5.50. The van der Waals surface area contributed by atoms with E-state index in [1.54, 1.807) is 19.0 Å². The van der Waals surface area contributed by atoms with Crippen LogP contribution < -0.4 is 10.6 Å². The lowest BCUT2D eigenvalue weighted by molar-refractivity contribution is 0.197. The van der Waals surface area contributed by atoms with E-state index in [4.69, 9.17) is 0 Å². The highest BCUT2D eigenvalue weighted by Crippen LogP contribution is 1.95. The summed E-state index contributed by atoms with van der Waals surface area (Å²) in [5.74, 6) is 0. The van der Waals surface area contributed by atoms with Crippen LogP contribution in [0.25, 0.3) is 0 Å². The van der Waals surface area contributed by atoms with Gasteiger partial charge in [-0.05, 0) is 6.92 Å². The molecule has 1 aliphatic heterocycles. The van der Waals surface area contributed by atoms with E-state index in [1.807, 2.05) is 6.92 Å². The van der Waals surface area contributed by atoms with Crippen LogP contribution in [0.3, 0.4) is 0 Å². The van der Waals surface area contributed by atoms with Crippen LogP contribution in [0.15, 0.2) is 0 Å². The van der Waals surface area contributed by atoms with Crippen LogP contribution in [0.5, 0.6) is 0 Å². The Balaban J connectivity index is 2.22. The second kappa shape index (κ2) is 5.92. The summed E-state index contributed by atoms with van der Waals surface area (Å²) in [6.45, 7) is 7.22. The van der Waals surface area contributed by atoms with E-state index >= 15 is 0 Å². The monoisotopic (exact) mass is 214 g/mol. The molecule has 0 aromatic heterocycles. The van der Waals surface area contributed by atoms with E-state index in [0.717, 1.165) is 32.7 Å². The van der Waals surface area contributed by atoms with Crippen molar-refractivity contribution in [2.75, 3.05) is 46.8 Å². The molecule has 0 saturated carbocycles. The first-order chi connectivity index (χ1) is 7.09. The van der Waals surface area contributed by atoms with Gasteiger partial charge in [-0.2, -0.15) is 0 Å². The summed E-state index contributed by atoms with van der Waals surface area (Å²) in [6.07, 6.45) is 0. The molecule has 88 valence electrons. The van der Waals surface area contributed by atoms with Gasteiger partial charge in [0.25, 0.3) is 0 Å². The van der Waals surface area contributed by atoms with Gasteiger partial charge in [-0.15, -0.1) is 0 Å². The Kier molecular flexibility index (Phi) is 4.84. The van der Waals surface area contributed by atoms with Gasteiger partial charge in [0.05, 0.1) is 0 Å². The normalized spacial score (nSPS) is 19.7. The summed E-state index contributed by atoms with van der Waals surface area (Å²) >= 11 is 0. The van der Waals surface area contributed by atoms with Crippen LogP contribution in [0, 0.1) is 0 Å². The molecule has 1 atom stereocenters. The Morgan fingerprint density at radius 1 is 1.47 bits per heavy atom.